The van der Waals surface area contributed by atoms with Crippen LogP contribution in [-0.2, 0) is 4.79 Å². The third-order valence-corrected chi connectivity index (χ3v) is 3.19. The van der Waals surface area contributed by atoms with E-state index in [2.05, 4.69) is 10.4 Å². The predicted molar refractivity (Wildman–Crippen MR) is 77.3 cm³/mol. The lowest BCUT2D eigenvalue weighted by atomic mass is 9.94. The number of aliphatic carboxylic acids is 1. The van der Waals surface area contributed by atoms with Gasteiger partial charge < -0.3 is 10.4 Å². The Morgan fingerprint density at radius 1 is 1.32 bits per heavy atom. The van der Waals surface area contributed by atoms with Crippen LogP contribution < -0.4 is 5.32 Å². The van der Waals surface area contributed by atoms with Gasteiger partial charge in [-0.15, -0.1) is 0 Å². The Bertz CT molecular complexity index is 710. The molecule has 6 nitrogen and oxygen atoms in total. The first-order valence-electron chi connectivity index (χ1n) is 6.63. The van der Waals surface area contributed by atoms with Gasteiger partial charge in [-0.25, -0.2) is 9.07 Å². The lowest BCUT2D eigenvalue weighted by molar-refractivity contribution is -0.146. The molecule has 2 rings (SSSR count). The first-order valence-corrected chi connectivity index (χ1v) is 6.63. The average Bonchev–Trinajstić information content (AvgIpc) is 2.95. The highest BCUT2D eigenvalue weighted by Crippen LogP contribution is 2.14. The number of halogens is 1. The number of nitrogens with zero attached hydrogens (tertiary/aromatic N) is 2. The number of hydrogen-bond acceptors (Lipinski definition) is 3. The molecule has 1 aromatic heterocycles. The summed E-state index contributed by atoms with van der Waals surface area (Å²) in [5, 5.41) is 15.5. The van der Waals surface area contributed by atoms with Crippen LogP contribution >= 0.6 is 0 Å². The molecule has 0 bridgehead atoms. The van der Waals surface area contributed by atoms with Crippen molar-refractivity contribution in [3.05, 3.63) is 48.0 Å². The molecule has 0 spiro atoms. The van der Waals surface area contributed by atoms with E-state index in [0.717, 1.165) is 0 Å². The van der Waals surface area contributed by atoms with Crippen LogP contribution in [0.1, 0.15) is 24.3 Å². The van der Waals surface area contributed by atoms with Gasteiger partial charge in [0.2, 0.25) is 0 Å². The fraction of sp³-hybridized carbons (Fsp3) is 0.267. The Hall–Kier alpha value is -2.70. The van der Waals surface area contributed by atoms with E-state index in [1.807, 2.05) is 0 Å². The fourth-order valence-corrected chi connectivity index (χ4v) is 1.68. The van der Waals surface area contributed by atoms with E-state index in [-0.39, 0.29) is 17.9 Å². The smallest absolute Gasteiger partial charge is 0.310 e. The van der Waals surface area contributed by atoms with Crippen molar-refractivity contribution in [3.63, 3.8) is 0 Å². The largest absolute Gasteiger partial charge is 0.481 e. The molecule has 0 unspecified atom stereocenters. The second-order valence-corrected chi connectivity index (χ2v) is 5.47. The van der Waals surface area contributed by atoms with Crippen LogP contribution in [0, 0.1) is 11.2 Å². The zero-order chi connectivity index (χ0) is 16.3. The molecule has 0 radical (unpaired) electrons. The first kappa shape index (κ1) is 15.7. The third-order valence-electron chi connectivity index (χ3n) is 3.19. The summed E-state index contributed by atoms with van der Waals surface area (Å²) in [5.74, 6) is -1.97. The molecule has 0 fully saturated rings. The van der Waals surface area contributed by atoms with Crippen molar-refractivity contribution in [2.45, 2.75) is 13.8 Å². The molecular weight excluding hydrogens is 289 g/mol. The fourth-order valence-electron chi connectivity index (χ4n) is 1.68. The average molecular weight is 305 g/mol. The van der Waals surface area contributed by atoms with E-state index >= 15 is 0 Å². The van der Waals surface area contributed by atoms with E-state index in [1.165, 1.54) is 42.9 Å². The SMILES string of the molecule is CC(C)(CNC(=O)c1ccn(-c2ccccc2F)n1)C(=O)O. The molecule has 0 aliphatic carbocycles. The van der Waals surface area contributed by atoms with E-state index in [1.54, 1.807) is 12.1 Å². The van der Waals surface area contributed by atoms with E-state index in [9.17, 15) is 14.0 Å². The number of carboxylic acids is 1. The predicted octanol–water partition coefficient (Wildman–Crippen LogP) is 1.85. The van der Waals surface area contributed by atoms with Crippen LogP contribution in [0.3, 0.4) is 0 Å². The first-order chi connectivity index (χ1) is 10.3. The number of para-hydroxylation sites is 1. The summed E-state index contributed by atoms with van der Waals surface area (Å²) in [6.45, 7) is 2.98. The van der Waals surface area contributed by atoms with E-state index in [4.69, 9.17) is 5.11 Å². The zero-order valence-electron chi connectivity index (χ0n) is 12.2. The van der Waals surface area contributed by atoms with Crippen LogP contribution in [0.4, 0.5) is 4.39 Å². The molecule has 1 amide bonds. The minimum absolute atomic E-state index is 0.0340. The van der Waals surface area contributed by atoms with Crippen LogP contribution in [0.25, 0.3) is 5.69 Å². The van der Waals surface area contributed by atoms with Crippen LogP contribution in [0.2, 0.25) is 0 Å². The number of carboxylic acid groups (broad SMARTS) is 1. The summed E-state index contributed by atoms with van der Waals surface area (Å²) in [6, 6.07) is 7.50. The molecule has 2 aromatic rings. The molecule has 1 aromatic carbocycles. The van der Waals surface area contributed by atoms with Crippen molar-refractivity contribution >= 4 is 11.9 Å². The molecule has 7 heteroatoms. The van der Waals surface area contributed by atoms with Gasteiger partial charge in [0.1, 0.15) is 11.5 Å². The standard InChI is InChI=1S/C15H16FN3O3/c1-15(2,14(21)22)9-17-13(20)11-7-8-19(18-11)12-6-4-3-5-10(12)16/h3-8H,9H2,1-2H3,(H,17,20)(H,21,22). The molecule has 0 atom stereocenters. The summed E-state index contributed by atoms with van der Waals surface area (Å²) in [6.07, 6.45) is 1.47. The van der Waals surface area contributed by atoms with Gasteiger partial charge in [0.25, 0.3) is 5.91 Å². The molecule has 0 saturated carbocycles. The topological polar surface area (TPSA) is 84.2 Å². The van der Waals surface area contributed by atoms with Crippen LogP contribution in [0.5, 0.6) is 0 Å². The number of amides is 1. The number of carbonyl (C=O) groups excluding carboxylic acids is 1. The molecular formula is C15H16FN3O3. The Morgan fingerprint density at radius 2 is 2.00 bits per heavy atom. The normalized spacial score (nSPS) is 11.2. The maximum absolute atomic E-state index is 13.7. The summed E-state index contributed by atoms with van der Waals surface area (Å²) in [4.78, 5) is 23.0. The Labute approximate surface area is 126 Å². The Morgan fingerprint density at radius 3 is 2.64 bits per heavy atom. The van der Waals surface area contributed by atoms with Crippen molar-refractivity contribution in [1.82, 2.24) is 15.1 Å². The van der Waals surface area contributed by atoms with Gasteiger partial charge in [-0.3, -0.25) is 9.59 Å². The Balaban J connectivity index is 2.10. The minimum Gasteiger partial charge on any atom is -0.481 e. The number of rotatable bonds is 5. The van der Waals surface area contributed by atoms with E-state index < -0.39 is 23.1 Å². The molecule has 0 aliphatic rings. The molecule has 116 valence electrons. The van der Waals surface area contributed by atoms with Gasteiger partial charge in [-0.05, 0) is 32.0 Å². The van der Waals surface area contributed by atoms with Crippen molar-refractivity contribution < 1.29 is 19.1 Å². The third kappa shape index (κ3) is 3.30. The van der Waals surface area contributed by atoms with Crippen molar-refractivity contribution in [3.8, 4) is 5.69 Å². The summed E-state index contributed by atoms with van der Waals surface area (Å²) < 4.78 is 14.9. The highest BCUT2D eigenvalue weighted by molar-refractivity contribution is 5.92. The number of benzene rings is 1. The maximum Gasteiger partial charge on any atom is 0.310 e. The monoisotopic (exact) mass is 305 g/mol. The number of hydrogen-bond donors (Lipinski definition) is 2. The van der Waals surface area contributed by atoms with Crippen LogP contribution in [0.15, 0.2) is 36.5 Å². The van der Waals surface area contributed by atoms with Gasteiger partial charge in [0.05, 0.1) is 5.41 Å². The van der Waals surface area contributed by atoms with E-state index in [0.29, 0.717) is 0 Å². The second-order valence-electron chi connectivity index (χ2n) is 5.47. The lowest BCUT2D eigenvalue weighted by Gasteiger charge is -2.18. The van der Waals surface area contributed by atoms with Crippen LogP contribution in [-0.4, -0.2) is 33.3 Å². The van der Waals surface area contributed by atoms with Gasteiger partial charge in [0.15, 0.2) is 5.69 Å². The molecule has 1 heterocycles. The van der Waals surface area contributed by atoms with Crippen molar-refractivity contribution in [2.75, 3.05) is 6.54 Å². The number of aromatic nitrogens is 2. The zero-order valence-corrected chi connectivity index (χ0v) is 12.2. The highest BCUT2D eigenvalue weighted by Gasteiger charge is 2.28. The molecule has 22 heavy (non-hydrogen) atoms. The molecule has 2 N–H and O–H groups in total. The van der Waals surface area contributed by atoms with Gasteiger partial charge >= 0.3 is 5.97 Å². The lowest BCUT2D eigenvalue weighted by Crippen LogP contribution is -2.39. The van der Waals surface area contributed by atoms with Crippen molar-refractivity contribution in [2.24, 2.45) is 5.41 Å². The molecule has 0 aliphatic heterocycles. The minimum atomic E-state index is -1.08. The quantitative estimate of drug-likeness (QED) is 0.883. The van der Waals surface area contributed by atoms with Gasteiger partial charge in [0, 0.05) is 12.7 Å². The highest BCUT2D eigenvalue weighted by atomic mass is 19.1. The van der Waals surface area contributed by atoms with Gasteiger partial charge in [-0.2, -0.15) is 5.10 Å². The maximum atomic E-state index is 13.7. The summed E-state index contributed by atoms with van der Waals surface area (Å²) in [5.41, 5.74) is -0.763. The number of nitrogens with one attached hydrogen (secondary N) is 1. The summed E-state index contributed by atoms with van der Waals surface area (Å²) >= 11 is 0. The second kappa shape index (κ2) is 5.97. The summed E-state index contributed by atoms with van der Waals surface area (Å²) in [7, 11) is 0. The van der Waals surface area contributed by atoms with Crippen molar-refractivity contribution in [1.29, 1.82) is 0 Å². The van der Waals surface area contributed by atoms with Gasteiger partial charge in [-0.1, -0.05) is 12.1 Å². The number of carbonyl (C=O) groups is 2. The Kier molecular flexibility index (Phi) is 4.25. The molecule has 0 saturated heterocycles.